The number of carbonyl (C=O) groups is 5. The van der Waals surface area contributed by atoms with Crippen LogP contribution in [0.1, 0.15) is 118 Å². The number of hydrogen-bond acceptors (Lipinski definition) is 8. The van der Waals surface area contributed by atoms with Gasteiger partial charge in [-0.3, -0.25) is 28.8 Å². The van der Waals surface area contributed by atoms with E-state index < -0.39 is 11.9 Å². The second kappa shape index (κ2) is 18.0. The molecule has 3 N–H and O–H groups in total. The maximum atomic E-state index is 14.3. The number of likely N-dealkylation sites (N-methyl/N-ethyl adjacent to an activating group) is 1. The molecule has 0 bridgehead atoms. The van der Waals surface area contributed by atoms with E-state index in [4.69, 9.17) is 5.11 Å². The van der Waals surface area contributed by atoms with Gasteiger partial charge in [0.1, 0.15) is 5.00 Å². The first-order valence-electron chi connectivity index (χ1n) is 18.8. The Hall–Kier alpha value is -5.14. The number of carboxylic acid groups (broad SMARTS) is 2. The lowest BCUT2D eigenvalue weighted by atomic mass is 9.76. The molecule has 2 aromatic heterocycles. The lowest BCUT2D eigenvalue weighted by Crippen LogP contribution is -2.41. The Morgan fingerprint density at radius 1 is 0.945 bits per heavy atom. The molecule has 1 aliphatic rings. The molecule has 292 valence electrons. The third-order valence-corrected chi connectivity index (χ3v) is 11.6. The summed E-state index contributed by atoms with van der Waals surface area (Å²) < 4.78 is 1.65. The zero-order chi connectivity index (χ0) is 39.9. The first-order valence-corrected chi connectivity index (χ1v) is 19.6. The van der Waals surface area contributed by atoms with E-state index in [-0.39, 0.29) is 47.5 Å². The molecule has 2 aromatic carbocycles. The van der Waals surface area contributed by atoms with Gasteiger partial charge in [-0.05, 0) is 78.5 Å². The van der Waals surface area contributed by atoms with Crippen molar-refractivity contribution in [3.8, 4) is 0 Å². The monoisotopic (exact) mass is 769 g/mol. The van der Waals surface area contributed by atoms with Gasteiger partial charge in [0.05, 0.1) is 35.9 Å². The molecule has 0 saturated carbocycles. The summed E-state index contributed by atoms with van der Waals surface area (Å²) in [6.07, 6.45) is 7.24. The summed E-state index contributed by atoms with van der Waals surface area (Å²) in [5.74, 6) is -2.72. The number of carboxylic acids is 2. The standard InChI is InChI=1S/C42H51N5O7S/c1-6-32(7-2)46(20-19-45(5)35(48)15-16-36(49)50)24-28-9-8-10-30(21-28)39(52)44-40-37(33-17-18-42(3,4)22-34(33)55-40)38(51)31-23-43-47(26-31)25-27-11-13-29(14-12-27)41(53)54/h8-14,21,23,26,32H,6-7,15-20,22,24-25H2,1-5H3,(H,44,52)(H,49,50)(H,53,54). The van der Waals surface area contributed by atoms with Crippen LogP contribution in [-0.2, 0) is 35.5 Å². The SMILES string of the molecule is CCC(CC)N(CCN(C)C(=O)CCC(=O)O)Cc1cccc(C(=O)Nc2sc3c(c2C(=O)c2cnn(Cc4ccc(C(=O)O)cc4)c2)CCC(C)(C)C3)c1. The van der Waals surface area contributed by atoms with Crippen LogP contribution in [-0.4, -0.2) is 85.5 Å². The lowest BCUT2D eigenvalue weighted by molar-refractivity contribution is -0.140. The molecule has 0 spiro atoms. The molecule has 2 heterocycles. The number of rotatable bonds is 18. The van der Waals surface area contributed by atoms with Gasteiger partial charge in [0.15, 0.2) is 5.78 Å². The van der Waals surface area contributed by atoms with Crippen LogP contribution < -0.4 is 5.32 Å². The maximum Gasteiger partial charge on any atom is 0.335 e. The van der Waals surface area contributed by atoms with Crippen molar-refractivity contribution in [1.29, 1.82) is 0 Å². The first kappa shape index (κ1) is 41.0. The van der Waals surface area contributed by atoms with Crippen LogP contribution in [0.15, 0.2) is 60.9 Å². The number of amides is 2. The number of nitrogens with one attached hydrogen (secondary N) is 1. The van der Waals surface area contributed by atoms with E-state index in [1.165, 1.54) is 29.7 Å². The second-order valence-electron chi connectivity index (χ2n) is 15.1. The Morgan fingerprint density at radius 3 is 2.35 bits per heavy atom. The lowest BCUT2D eigenvalue weighted by Gasteiger charge is -2.32. The van der Waals surface area contributed by atoms with E-state index in [2.05, 4.69) is 43.0 Å². The minimum absolute atomic E-state index is 0.0393. The minimum Gasteiger partial charge on any atom is -0.481 e. The molecule has 0 fully saturated rings. The molecule has 0 aliphatic heterocycles. The van der Waals surface area contributed by atoms with Crippen molar-refractivity contribution in [2.45, 2.75) is 91.8 Å². The minimum atomic E-state index is -0.998. The molecule has 0 atom stereocenters. The fourth-order valence-electron chi connectivity index (χ4n) is 7.11. The molecule has 0 unspecified atom stereocenters. The van der Waals surface area contributed by atoms with Gasteiger partial charge >= 0.3 is 11.9 Å². The van der Waals surface area contributed by atoms with E-state index in [0.717, 1.165) is 53.7 Å². The molecule has 13 heteroatoms. The molecule has 0 radical (unpaired) electrons. The van der Waals surface area contributed by atoms with Crippen LogP contribution in [0, 0.1) is 5.41 Å². The fraction of sp³-hybridized carbons (Fsp3) is 0.429. The van der Waals surface area contributed by atoms with Crippen LogP contribution >= 0.6 is 11.3 Å². The maximum absolute atomic E-state index is 14.3. The zero-order valence-electron chi connectivity index (χ0n) is 32.3. The van der Waals surface area contributed by atoms with Crippen LogP contribution in [0.5, 0.6) is 0 Å². The molecular formula is C42H51N5O7S. The summed E-state index contributed by atoms with van der Waals surface area (Å²) in [5, 5.41) is 26.2. The molecule has 4 aromatic rings. The number of carbonyl (C=O) groups excluding carboxylic acids is 3. The normalized spacial score (nSPS) is 13.4. The van der Waals surface area contributed by atoms with E-state index in [0.29, 0.717) is 47.9 Å². The van der Waals surface area contributed by atoms with Gasteiger partial charge in [-0.2, -0.15) is 5.10 Å². The molecule has 55 heavy (non-hydrogen) atoms. The summed E-state index contributed by atoms with van der Waals surface area (Å²) in [6, 6.07) is 14.3. The topological polar surface area (TPSA) is 162 Å². The summed E-state index contributed by atoms with van der Waals surface area (Å²) in [6.45, 7) is 10.6. The van der Waals surface area contributed by atoms with Gasteiger partial charge in [0.25, 0.3) is 5.91 Å². The quantitative estimate of drug-likeness (QED) is 0.0905. The van der Waals surface area contributed by atoms with Crippen LogP contribution in [0.25, 0.3) is 0 Å². The predicted molar refractivity (Wildman–Crippen MR) is 212 cm³/mol. The van der Waals surface area contributed by atoms with Gasteiger partial charge in [-0.15, -0.1) is 11.3 Å². The number of aromatic carboxylic acids is 1. The smallest absolute Gasteiger partial charge is 0.335 e. The van der Waals surface area contributed by atoms with Gasteiger partial charge in [-0.25, -0.2) is 4.79 Å². The Balaban J connectivity index is 1.34. The number of hydrogen-bond donors (Lipinski definition) is 3. The Labute approximate surface area is 326 Å². The Kier molecular flexibility index (Phi) is 13.4. The van der Waals surface area contributed by atoms with Crippen LogP contribution in [0.2, 0.25) is 0 Å². The highest BCUT2D eigenvalue weighted by Crippen LogP contribution is 2.44. The van der Waals surface area contributed by atoms with E-state index in [1.807, 2.05) is 18.2 Å². The van der Waals surface area contributed by atoms with E-state index in [1.54, 1.807) is 41.0 Å². The number of anilines is 1. The van der Waals surface area contributed by atoms with Gasteiger partial charge < -0.3 is 20.4 Å². The Bertz CT molecular complexity index is 2030. The van der Waals surface area contributed by atoms with Crippen molar-refractivity contribution in [3.63, 3.8) is 0 Å². The first-order chi connectivity index (χ1) is 26.2. The summed E-state index contributed by atoms with van der Waals surface area (Å²) in [4.78, 5) is 67.9. The number of aliphatic carboxylic acids is 1. The number of ketones is 1. The van der Waals surface area contributed by atoms with Crippen molar-refractivity contribution in [3.05, 3.63) is 105 Å². The number of benzene rings is 2. The fourth-order valence-corrected chi connectivity index (χ4v) is 8.61. The molecule has 12 nitrogen and oxygen atoms in total. The number of fused-ring (bicyclic) bond motifs is 1. The largest absolute Gasteiger partial charge is 0.481 e. The zero-order valence-corrected chi connectivity index (χ0v) is 33.1. The van der Waals surface area contributed by atoms with Crippen molar-refractivity contribution in [2.24, 2.45) is 5.41 Å². The molecule has 0 saturated heterocycles. The van der Waals surface area contributed by atoms with Crippen LogP contribution in [0.4, 0.5) is 5.00 Å². The van der Waals surface area contributed by atoms with Gasteiger partial charge in [0, 0.05) is 55.8 Å². The number of thiophene rings is 1. The van der Waals surface area contributed by atoms with Crippen molar-refractivity contribution in [2.75, 3.05) is 25.5 Å². The highest BCUT2D eigenvalue weighted by atomic mass is 32.1. The molecule has 2 amide bonds. The van der Waals surface area contributed by atoms with E-state index >= 15 is 0 Å². The van der Waals surface area contributed by atoms with Gasteiger partial charge in [-0.1, -0.05) is 52.0 Å². The summed E-state index contributed by atoms with van der Waals surface area (Å²) in [5.41, 5.74) is 4.39. The average molecular weight is 770 g/mol. The molecule has 1 aliphatic carbocycles. The third-order valence-electron chi connectivity index (χ3n) is 10.4. The van der Waals surface area contributed by atoms with Crippen LogP contribution in [0.3, 0.4) is 0 Å². The van der Waals surface area contributed by atoms with E-state index in [9.17, 15) is 29.1 Å². The van der Waals surface area contributed by atoms with Crippen molar-refractivity contribution < 1.29 is 34.2 Å². The van der Waals surface area contributed by atoms with Crippen molar-refractivity contribution in [1.82, 2.24) is 19.6 Å². The highest BCUT2D eigenvalue weighted by molar-refractivity contribution is 7.17. The summed E-state index contributed by atoms with van der Waals surface area (Å²) in [7, 11) is 1.69. The average Bonchev–Trinajstić information content (AvgIpc) is 3.76. The number of nitrogens with zero attached hydrogens (tertiary/aromatic N) is 4. The molecular weight excluding hydrogens is 719 g/mol. The van der Waals surface area contributed by atoms with Crippen molar-refractivity contribution >= 4 is 45.9 Å². The third kappa shape index (κ3) is 10.5. The Morgan fingerprint density at radius 2 is 1.67 bits per heavy atom. The number of aromatic nitrogens is 2. The van der Waals surface area contributed by atoms with Gasteiger partial charge in [0.2, 0.25) is 5.91 Å². The predicted octanol–water partition coefficient (Wildman–Crippen LogP) is 7.00. The second-order valence-corrected chi connectivity index (χ2v) is 16.2. The summed E-state index contributed by atoms with van der Waals surface area (Å²) >= 11 is 1.46. The highest BCUT2D eigenvalue weighted by Gasteiger charge is 2.33. The molecule has 5 rings (SSSR count).